The molecule has 0 bridgehead atoms. The fourth-order valence-corrected chi connectivity index (χ4v) is 7.84. The molecular formula is C54H50N4O5. The highest BCUT2D eigenvalue weighted by molar-refractivity contribution is 6.18. The van der Waals surface area contributed by atoms with Gasteiger partial charge in [0, 0.05) is 41.9 Å². The van der Waals surface area contributed by atoms with E-state index in [0.717, 1.165) is 59.8 Å². The molecule has 0 aliphatic carbocycles. The van der Waals surface area contributed by atoms with Crippen LogP contribution in [0.4, 0.5) is 21.0 Å². The van der Waals surface area contributed by atoms with Crippen molar-refractivity contribution in [2.45, 2.75) is 52.7 Å². The van der Waals surface area contributed by atoms with Gasteiger partial charge in [-0.25, -0.2) is 9.59 Å². The first-order chi connectivity index (χ1) is 30.0. The summed E-state index contributed by atoms with van der Waals surface area (Å²) in [6, 6.07) is 49.3. The molecular weight excluding hydrogens is 785 g/mol. The molecule has 0 spiro atoms. The van der Waals surface area contributed by atoms with Crippen molar-refractivity contribution in [1.29, 1.82) is 5.26 Å². The summed E-state index contributed by atoms with van der Waals surface area (Å²) in [5.74, 6) is -0.524. The standard InChI is InChI=1S/C27H26N2O3.C27H24N2O2/c1-27(2,3)32-26(31)29(4)22-16-14-18-10-6-8-12-20(18)24(22)23-19-11-7-5-9-17(19)13-15-21(23)25(28)30;1-27(2,3)31-26(30)29(4)23-16-15-19-10-6-8-12-22(19)25(23)24-20(17-28)14-13-18-9-5-7-11-21(18)24/h5-16H,1-4H3,(H2,28,30);5-16H,1-4H3. The molecule has 0 aliphatic heterocycles. The number of benzene rings is 8. The highest BCUT2D eigenvalue weighted by atomic mass is 16.6. The Labute approximate surface area is 367 Å². The number of amides is 3. The Morgan fingerprint density at radius 3 is 1.19 bits per heavy atom. The average Bonchev–Trinajstić information content (AvgIpc) is 3.26. The van der Waals surface area contributed by atoms with Crippen molar-refractivity contribution in [3.05, 3.63) is 157 Å². The summed E-state index contributed by atoms with van der Waals surface area (Å²) in [5, 5.41) is 17.7. The molecule has 9 nitrogen and oxygen atoms in total. The Morgan fingerprint density at radius 1 is 0.476 bits per heavy atom. The van der Waals surface area contributed by atoms with E-state index in [9.17, 15) is 19.6 Å². The Morgan fingerprint density at radius 2 is 0.810 bits per heavy atom. The van der Waals surface area contributed by atoms with Gasteiger partial charge in [-0.2, -0.15) is 5.26 Å². The third kappa shape index (κ3) is 9.02. The molecule has 0 radical (unpaired) electrons. The van der Waals surface area contributed by atoms with E-state index in [4.69, 9.17) is 15.2 Å². The number of nitriles is 1. The number of nitrogens with two attached hydrogens (primary N) is 1. The Bertz CT molecular complexity index is 3120. The quantitative estimate of drug-likeness (QED) is 0.184. The molecule has 0 atom stereocenters. The number of hydrogen-bond acceptors (Lipinski definition) is 6. The van der Waals surface area contributed by atoms with Crippen molar-refractivity contribution in [1.82, 2.24) is 0 Å². The summed E-state index contributed by atoms with van der Waals surface area (Å²) < 4.78 is 11.2. The molecule has 0 aliphatic rings. The molecule has 3 amide bonds. The molecule has 0 saturated carbocycles. The van der Waals surface area contributed by atoms with Crippen LogP contribution in [0.1, 0.15) is 57.5 Å². The number of fused-ring (bicyclic) bond motifs is 4. The third-order valence-electron chi connectivity index (χ3n) is 10.6. The lowest BCUT2D eigenvalue weighted by molar-refractivity contribution is 0.0578. The molecule has 0 aromatic heterocycles. The second-order valence-corrected chi connectivity index (χ2v) is 17.3. The predicted octanol–water partition coefficient (Wildman–Crippen LogP) is 13.0. The van der Waals surface area contributed by atoms with Crippen molar-refractivity contribution in [2.24, 2.45) is 5.73 Å². The maximum absolute atomic E-state index is 13.0. The number of primary amides is 1. The SMILES string of the molecule is CN(C(=O)OC(C)(C)C)c1ccc2ccccc2c1-c1c(C#N)ccc2ccccc12.CN(C(=O)OC(C)(C)C)c1ccc2ccccc2c1-c1c(C(N)=O)ccc2ccccc12. The first kappa shape index (κ1) is 43.4. The van der Waals surface area contributed by atoms with E-state index in [0.29, 0.717) is 28.1 Å². The van der Waals surface area contributed by atoms with Crippen LogP contribution in [-0.2, 0) is 9.47 Å². The summed E-state index contributed by atoms with van der Waals surface area (Å²) in [7, 11) is 3.38. The van der Waals surface area contributed by atoms with Gasteiger partial charge in [-0.15, -0.1) is 0 Å². The van der Waals surface area contributed by atoms with Crippen molar-refractivity contribution >= 4 is 72.6 Å². The lowest BCUT2D eigenvalue weighted by Crippen LogP contribution is -2.34. The first-order valence-electron chi connectivity index (χ1n) is 20.7. The minimum Gasteiger partial charge on any atom is -0.443 e. The molecule has 2 N–H and O–H groups in total. The van der Waals surface area contributed by atoms with E-state index in [1.165, 1.54) is 9.80 Å². The van der Waals surface area contributed by atoms with Crippen LogP contribution >= 0.6 is 0 Å². The van der Waals surface area contributed by atoms with Gasteiger partial charge < -0.3 is 15.2 Å². The zero-order chi connectivity index (χ0) is 45.2. The number of carbonyl (C=O) groups excluding carboxylic acids is 3. The van der Waals surface area contributed by atoms with Gasteiger partial charge >= 0.3 is 12.2 Å². The van der Waals surface area contributed by atoms with Crippen molar-refractivity contribution in [3.8, 4) is 28.3 Å². The summed E-state index contributed by atoms with van der Waals surface area (Å²) in [6.07, 6.45) is -0.919. The summed E-state index contributed by atoms with van der Waals surface area (Å²) >= 11 is 0. The van der Waals surface area contributed by atoms with Crippen LogP contribution < -0.4 is 15.5 Å². The zero-order valence-electron chi connectivity index (χ0n) is 36.8. The lowest BCUT2D eigenvalue weighted by Gasteiger charge is -2.27. The fraction of sp³-hybridized carbons (Fsp3) is 0.185. The maximum Gasteiger partial charge on any atom is 0.414 e. The molecule has 63 heavy (non-hydrogen) atoms. The van der Waals surface area contributed by atoms with Gasteiger partial charge in [0.1, 0.15) is 11.2 Å². The van der Waals surface area contributed by atoms with Gasteiger partial charge in [-0.05, 0) is 109 Å². The lowest BCUT2D eigenvalue weighted by atomic mass is 9.88. The highest BCUT2D eigenvalue weighted by Gasteiger charge is 2.28. The van der Waals surface area contributed by atoms with Gasteiger partial charge in [0.05, 0.1) is 23.0 Å². The third-order valence-corrected chi connectivity index (χ3v) is 10.6. The van der Waals surface area contributed by atoms with Gasteiger partial charge in [0.2, 0.25) is 5.91 Å². The Kier molecular flexibility index (Phi) is 11.9. The molecule has 0 heterocycles. The van der Waals surface area contributed by atoms with Crippen LogP contribution in [-0.4, -0.2) is 43.4 Å². The van der Waals surface area contributed by atoms with Gasteiger partial charge in [-0.1, -0.05) is 121 Å². The van der Waals surface area contributed by atoms with Crippen LogP contribution in [0.2, 0.25) is 0 Å². The van der Waals surface area contributed by atoms with Crippen LogP contribution in [0.15, 0.2) is 146 Å². The second kappa shape index (κ2) is 17.3. The summed E-state index contributed by atoms with van der Waals surface area (Å²) in [6.45, 7) is 11.0. The molecule has 0 fully saturated rings. The van der Waals surface area contributed by atoms with E-state index in [1.807, 2.05) is 181 Å². The number of carbonyl (C=O) groups is 3. The molecule has 316 valence electrons. The Balaban J connectivity index is 0.000000189. The minimum atomic E-state index is -0.639. The van der Waals surface area contributed by atoms with Crippen LogP contribution in [0.25, 0.3) is 65.3 Å². The van der Waals surface area contributed by atoms with Crippen LogP contribution in [0.3, 0.4) is 0 Å². The second-order valence-electron chi connectivity index (χ2n) is 17.3. The maximum atomic E-state index is 13.0. The van der Waals surface area contributed by atoms with E-state index < -0.39 is 29.3 Å². The normalized spacial score (nSPS) is 11.4. The van der Waals surface area contributed by atoms with Gasteiger partial charge in [0.15, 0.2) is 0 Å². The molecule has 8 aromatic carbocycles. The molecule has 9 heteroatoms. The number of hydrogen-bond donors (Lipinski definition) is 1. The summed E-state index contributed by atoms with van der Waals surface area (Å²) in [4.78, 5) is 41.4. The molecule has 8 rings (SSSR count). The predicted molar refractivity (Wildman–Crippen MR) is 256 cm³/mol. The Hall–Kier alpha value is -7.70. The first-order valence-corrected chi connectivity index (χ1v) is 20.7. The van der Waals surface area contributed by atoms with E-state index >= 15 is 0 Å². The van der Waals surface area contributed by atoms with Crippen LogP contribution in [0.5, 0.6) is 0 Å². The number of rotatable bonds is 5. The largest absolute Gasteiger partial charge is 0.443 e. The molecule has 0 saturated heterocycles. The van der Waals surface area contributed by atoms with Crippen molar-refractivity contribution in [3.63, 3.8) is 0 Å². The molecule has 0 unspecified atom stereocenters. The van der Waals surface area contributed by atoms with Crippen molar-refractivity contribution in [2.75, 3.05) is 23.9 Å². The monoisotopic (exact) mass is 834 g/mol. The fourth-order valence-electron chi connectivity index (χ4n) is 7.84. The zero-order valence-corrected chi connectivity index (χ0v) is 36.8. The topological polar surface area (TPSA) is 126 Å². The van der Waals surface area contributed by atoms with Gasteiger partial charge in [0.25, 0.3) is 0 Å². The number of ether oxygens (including phenoxy) is 2. The number of anilines is 2. The average molecular weight is 835 g/mol. The number of nitrogens with zero attached hydrogens (tertiary/aromatic N) is 3. The van der Waals surface area contributed by atoms with Gasteiger partial charge in [-0.3, -0.25) is 14.6 Å². The molecule has 8 aromatic rings. The summed E-state index contributed by atoms with van der Waals surface area (Å²) in [5.41, 5.74) is 10.00. The van der Waals surface area contributed by atoms with E-state index in [1.54, 1.807) is 20.2 Å². The van der Waals surface area contributed by atoms with Crippen molar-refractivity contribution < 1.29 is 23.9 Å². The smallest absolute Gasteiger partial charge is 0.414 e. The highest BCUT2D eigenvalue weighted by Crippen LogP contribution is 2.44. The van der Waals surface area contributed by atoms with E-state index in [-0.39, 0.29) is 0 Å². The minimum absolute atomic E-state index is 0.402. The van der Waals surface area contributed by atoms with Crippen LogP contribution in [0, 0.1) is 11.3 Å². The van der Waals surface area contributed by atoms with E-state index in [2.05, 4.69) is 6.07 Å².